The molecular formula is C29H29N5O4. The van der Waals surface area contributed by atoms with E-state index in [1.807, 2.05) is 12.1 Å². The van der Waals surface area contributed by atoms with Gasteiger partial charge in [-0.2, -0.15) is 0 Å². The van der Waals surface area contributed by atoms with Crippen LogP contribution in [0.25, 0.3) is 33.3 Å². The predicted molar refractivity (Wildman–Crippen MR) is 144 cm³/mol. The zero-order chi connectivity index (χ0) is 26.2. The Labute approximate surface area is 218 Å². The number of furan rings is 1. The number of primary amides is 1. The van der Waals surface area contributed by atoms with Crippen LogP contribution in [-0.4, -0.2) is 37.5 Å². The largest absolute Gasteiger partial charge is 0.508 e. The van der Waals surface area contributed by atoms with Crippen molar-refractivity contribution >= 4 is 33.8 Å². The summed E-state index contributed by atoms with van der Waals surface area (Å²) in [7, 11) is 0. The number of rotatable bonds is 7. The second kappa shape index (κ2) is 9.74. The molecule has 1 aliphatic rings. The Kier molecular flexibility index (Phi) is 6.11. The molecule has 194 valence electrons. The summed E-state index contributed by atoms with van der Waals surface area (Å²) in [5.41, 5.74) is 10.2. The Hall–Kier alpha value is -4.53. The quantitative estimate of drug-likeness (QED) is 0.248. The van der Waals surface area contributed by atoms with E-state index in [1.165, 1.54) is 19.3 Å². The Balaban J connectivity index is 1.29. The molecule has 0 saturated heterocycles. The molecule has 9 nitrogen and oxygen atoms in total. The van der Waals surface area contributed by atoms with Crippen molar-refractivity contribution in [3.8, 4) is 17.1 Å². The Morgan fingerprint density at radius 1 is 1.16 bits per heavy atom. The maximum Gasteiger partial charge on any atom is 0.252 e. The number of carbonyl (C=O) groups excluding carboxylic acids is 2. The Morgan fingerprint density at radius 3 is 2.76 bits per heavy atom. The first-order valence-electron chi connectivity index (χ1n) is 12.9. The van der Waals surface area contributed by atoms with E-state index in [0.717, 1.165) is 46.2 Å². The summed E-state index contributed by atoms with van der Waals surface area (Å²) < 4.78 is 7.61. The molecule has 2 aromatic carbocycles. The molecule has 0 spiro atoms. The van der Waals surface area contributed by atoms with E-state index in [1.54, 1.807) is 49.1 Å². The minimum atomic E-state index is -0.930. The van der Waals surface area contributed by atoms with E-state index in [0.29, 0.717) is 17.1 Å². The van der Waals surface area contributed by atoms with Crippen LogP contribution in [0.1, 0.15) is 54.1 Å². The number of nitrogens with two attached hydrogens (primary N) is 1. The van der Waals surface area contributed by atoms with Gasteiger partial charge in [0.15, 0.2) is 0 Å². The molecule has 0 radical (unpaired) electrons. The number of imidazole rings is 1. The summed E-state index contributed by atoms with van der Waals surface area (Å²) in [4.78, 5) is 33.6. The van der Waals surface area contributed by atoms with Gasteiger partial charge in [-0.15, -0.1) is 0 Å². The van der Waals surface area contributed by atoms with Gasteiger partial charge in [-0.3, -0.25) is 9.59 Å². The number of aromatic nitrogens is 3. The van der Waals surface area contributed by atoms with Gasteiger partial charge in [0.1, 0.15) is 23.9 Å². The third kappa shape index (κ3) is 4.40. The third-order valence-corrected chi connectivity index (χ3v) is 7.49. The molecule has 3 heterocycles. The number of nitrogens with zero attached hydrogens (tertiary/aromatic N) is 2. The number of fused-ring (bicyclic) bond motifs is 2. The van der Waals surface area contributed by atoms with Crippen molar-refractivity contribution in [1.29, 1.82) is 0 Å². The first-order valence-corrected chi connectivity index (χ1v) is 12.9. The Bertz CT molecular complexity index is 1630. The number of benzene rings is 2. The molecule has 6 rings (SSSR count). The van der Waals surface area contributed by atoms with Gasteiger partial charge in [0.2, 0.25) is 5.91 Å². The van der Waals surface area contributed by atoms with Crippen LogP contribution in [0.15, 0.2) is 65.6 Å². The van der Waals surface area contributed by atoms with Crippen LogP contribution in [-0.2, 0) is 11.2 Å². The molecule has 0 bridgehead atoms. The molecule has 0 aliphatic heterocycles. The number of aromatic amines is 1. The van der Waals surface area contributed by atoms with Gasteiger partial charge >= 0.3 is 0 Å². The van der Waals surface area contributed by atoms with Gasteiger partial charge in [0, 0.05) is 35.1 Å². The minimum absolute atomic E-state index is 0.119. The van der Waals surface area contributed by atoms with E-state index in [9.17, 15) is 14.7 Å². The first-order chi connectivity index (χ1) is 18.5. The van der Waals surface area contributed by atoms with Crippen molar-refractivity contribution in [2.75, 3.05) is 0 Å². The van der Waals surface area contributed by atoms with E-state index < -0.39 is 17.9 Å². The standard InChI is InChI=1S/C29H29N5O4/c30-27(36)25(13-19-15-31-23-8-7-21(35)14-22(19)23)33-29(37)17-6-9-26-24(12-17)32-28(18-10-11-38-16-18)34(26)20-4-2-1-3-5-20/h6-12,14-16,20,25,31,35H,1-5,13H2,(H2,30,36)(H,33,37). The summed E-state index contributed by atoms with van der Waals surface area (Å²) in [6, 6.07) is 11.7. The van der Waals surface area contributed by atoms with E-state index in [2.05, 4.69) is 14.9 Å². The highest BCUT2D eigenvalue weighted by Gasteiger charge is 2.25. The fraction of sp³-hybridized carbons (Fsp3) is 0.276. The van der Waals surface area contributed by atoms with Gasteiger partial charge in [-0.1, -0.05) is 19.3 Å². The molecule has 3 aromatic heterocycles. The summed E-state index contributed by atoms with van der Waals surface area (Å²) in [5, 5.41) is 13.4. The predicted octanol–water partition coefficient (Wildman–Crippen LogP) is 4.81. The average molecular weight is 512 g/mol. The second-order valence-corrected chi connectivity index (χ2v) is 9.99. The van der Waals surface area contributed by atoms with Crippen molar-refractivity contribution < 1.29 is 19.1 Å². The lowest BCUT2D eigenvalue weighted by Gasteiger charge is -2.25. The number of hydrogen-bond acceptors (Lipinski definition) is 5. The van der Waals surface area contributed by atoms with Crippen LogP contribution in [0.3, 0.4) is 0 Å². The monoisotopic (exact) mass is 511 g/mol. The number of phenolic OH excluding ortho intramolecular Hbond substituents is 1. The van der Waals surface area contributed by atoms with Crippen LogP contribution < -0.4 is 11.1 Å². The summed E-state index contributed by atoms with van der Waals surface area (Å²) in [6.07, 6.45) is 11.1. The van der Waals surface area contributed by atoms with Gasteiger partial charge in [0.05, 0.1) is 22.9 Å². The fourth-order valence-corrected chi connectivity index (χ4v) is 5.56. The normalized spacial score (nSPS) is 15.2. The molecule has 38 heavy (non-hydrogen) atoms. The number of phenols is 1. The van der Waals surface area contributed by atoms with Crippen molar-refractivity contribution in [2.45, 2.75) is 50.6 Å². The zero-order valence-corrected chi connectivity index (χ0v) is 20.8. The summed E-state index contributed by atoms with van der Waals surface area (Å²) in [5.74, 6) is -0.0993. The molecular weight excluding hydrogens is 482 g/mol. The van der Waals surface area contributed by atoms with E-state index >= 15 is 0 Å². The number of carbonyl (C=O) groups is 2. The molecule has 1 saturated carbocycles. The molecule has 5 aromatic rings. The third-order valence-electron chi connectivity index (χ3n) is 7.49. The van der Waals surface area contributed by atoms with E-state index in [-0.39, 0.29) is 12.2 Å². The highest BCUT2D eigenvalue weighted by Crippen LogP contribution is 2.36. The number of amides is 2. The highest BCUT2D eigenvalue weighted by molar-refractivity contribution is 6.00. The maximum atomic E-state index is 13.3. The van der Waals surface area contributed by atoms with Gasteiger partial charge in [-0.25, -0.2) is 4.98 Å². The summed E-state index contributed by atoms with van der Waals surface area (Å²) in [6.45, 7) is 0. The van der Waals surface area contributed by atoms with Crippen LogP contribution >= 0.6 is 0 Å². The number of hydrogen-bond donors (Lipinski definition) is 4. The Morgan fingerprint density at radius 2 is 2.00 bits per heavy atom. The molecule has 1 atom stereocenters. The van der Waals surface area contributed by atoms with Gasteiger partial charge in [-0.05, 0) is 60.9 Å². The number of nitrogens with one attached hydrogen (secondary N) is 2. The van der Waals surface area contributed by atoms with Crippen LogP contribution in [0.2, 0.25) is 0 Å². The molecule has 1 unspecified atom stereocenters. The lowest BCUT2D eigenvalue weighted by Crippen LogP contribution is -2.45. The highest BCUT2D eigenvalue weighted by atomic mass is 16.3. The maximum absolute atomic E-state index is 13.3. The van der Waals surface area contributed by atoms with Crippen molar-refractivity contribution in [1.82, 2.24) is 19.9 Å². The topological polar surface area (TPSA) is 139 Å². The minimum Gasteiger partial charge on any atom is -0.508 e. The smallest absolute Gasteiger partial charge is 0.252 e. The molecule has 2 amide bonds. The van der Waals surface area contributed by atoms with Gasteiger partial charge < -0.3 is 30.1 Å². The fourth-order valence-electron chi connectivity index (χ4n) is 5.56. The SMILES string of the molecule is NC(=O)C(Cc1c[nH]c2ccc(O)cc12)NC(=O)c1ccc2c(c1)nc(-c1ccoc1)n2C1CCCCC1. The molecule has 9 heteroatoms. The van der Waals surface area contributed by atoms with Crippen molar-refractivity contribution in [3.63, 3.8) is 0 Å². The first kappa shape index (κ1) is 23.8. The van der Waals surface area contributed by atoms with Crippen LogP contribution in [0, 0.1) is 0 Å². The lowest BCUT2D eigenvalue weighted by atomic mass is 9.95. The molecule has 1 fully saturated rings. The van der Waals surface area contributed by atoms with Crippen LogP contribution in [0.4, 0.5) is 0 Å². The number of aromatic hydroxyl groups is 1. The second-order valence-electron chi connectivity index (χ2n) is 9.99. The number of H-pyrrole nitrogens is 1. The van der Waals surface area contributed by atoms with Crippen LogP contribution in [0.5, 0.6) is 5.75 Å². The average Bonchev–Trinajstić information content (AvgIpc) is 3.67. The molecule has 5 N–H and O–H groups in total. The zero-order valence-electron chi connectivity index (χ0n) is 20.8. The van der Waals surface area contributed by atoms with Crippen molar-refractivity contribution in [3.05, 3.63) is 72.3 Å². The van der Waals surface area contributed by atoms with Crippen molar-refractivity contribution in [2.24, 2.45) is 5.73 Å². The molecule has 1 aliphatic carbocycles. The summed E-state index contributed by atoms with van der Waals surface area (Å²) >= 11 is 0. The van der Waals surface area contributed by atoms with Gasteiger partial charge in [0.25, 0.3) is 5.91 Å². The van der Waals surface area contributed by atoms with E-state index in [4.69, 9.17) is 15.1 Å². The lowest BCUT2D eigenvalue weighted by molar-refractivity contribution is -0.119.